The van der Waals surface area contributed by atoms with Crippen LogP contribution in [0.5, 0.6) is 0 Å². The van der Waals surface area contributed by atoms with Gasteiger partial charge in [0.2, 0.25) is 0 Å². The molecule has 0 saturated carbocycles. The van der Waals surface area contributed by atoms with E-state index in [0.29, 0.717) is 44.2 Å². The highest BCUT2D eigenvalue weighted by atomic mass is 16.7. The zero-order valence-electron chi connectivity index (χ0n) is 16.8. The number of fused-ring (bicyclic) bond motifs is 2. The highest BCUT2D eigenvalue weighted by molar-refractivity contribution is 6.09. The number of benzene rings is 3. The second-order valence-corrected chi connectivity index (χ2v) is 7.45. The van der Waals surface area contributed by atoms with Crippen molar-refractivity contribution in [1.29, 1.82) is 5.41 Å². The quantitative estimate of drug-likeness (QED) is 0.293. The van der Waals surface area contributed by atoms with Gasteiger partial charge in [-0.15, -0.1) is 5.06 Å². The van der Waals surface area contributed by atoms with Crippen molar-refractivity contribution in [2.24, 2.45) is 0 Å². The van der Waals surface area contributed by atoms with E-state index in [4.69, 9.17) is 20.4 Å². The molecule has 8 nitrogen and oxygen atoms in total. The van der Waals surface area contributed by atoms with E-state index in [2.05, 4.69) is 0 Å². The Kier molecular flexibility index (Phi) is 4.48. The molecule has 2 amide bonds. The Morgan fingerprint density at radius 1 is 0.969 bits per heavy atom. The molecule has 0 bridgehead atoms. The fourth-order valence-electron chi connectivity index (χ4n) is 3.87. The molecular formula is C24H17N3O5. The summed E-state index contributed by atoms with van der Waals surface area (Å²) in [5, 5.41) is 9.46. The maximum Gasteiger partial charge on any atom is 0.364 e. The average molecular weight is 427 g/mol. The lowest BCUT2D eigenvalue weighted by atomic mass is 9.91. The van der Waals surface area contributed by atoms with Gasteiger partial charge in [0, 0.05) is 47.2 Å². The molecule has 1 aliphatic carbocycles. The molecule has 2 aromatic carbocycles. The van der Waals surface area contributed by atoms with Gasteiger partial charge < -0.3 is 20.4 Å². The van der Waals surface area contributed by atoms with E-state index >= 15 is 0 Å². The third-order valence-corrected chi connectivity index (χ3v) is 5.34. The van der Waals surface area contributed by atoms with E-state index in [1.165, 1.54) is 0 Å². The number of hydrogen-bond donors (Lipinski definition) is 2. The Hall–Kier alpha value is -4.46. The van der Waals surface area contributed by atoms with Gasteiger partial charge in [0.1, 0.15) is 11.3 Å². The van der Waals surface area contributed by atoms with E-state index in [0.717, 1.165) is 0 Å². The zero-order valence-corrected chi connectivity index (χ0v) is 16.8. The molecule has 1 fully saturated rings. The fraction of sp³-hybridized carbons (Fsp3) is 0.0833. The molecule has 3 aliphatic rings. The second-order valence-electron chi connectivity index (χ2n) is 7.45. The Balaban J connectivity index is 1.73. The molecule has 8 heteroatoms. The van der Waals surface area contributed by atoms with E-state index in [-0.39, 0.29) is 23.8 Å². The van der Waals surface area contributed by atoms with Gasteiger partial charge >= 0.3 is 5.97 Å². The first-order valence-electron chi connectivity index (χ1n) is 9.90. The number of carbonyl (C=O) groups is 3. The van der Waals surface area contributed by atoms with Crippen LogP contribution >= 0.6 is 0 Å². The lowest BCUT2D eigenvalue weighted by Gasteiger charge is -2.18. The normalized spacial score (nSPS) is 13.8. The molecule has 158 valence electrons. The SMILES string of the molecule is N=c1ccc2c(-c3ccccc3C(=O)ON3C(=O)CCC3=O)c3ccc(N)cc3oc-2c1. The van der Waals surface area contributed by atoms with Crippen molar-refractivity contribution in [2.45, 2.75) is 12.8 Å². The third kappa shape index (κ3) is 3.18. The predicted molar refractivity (Wildman–Crippen MR) is 115 cm³/mol. The van der Waals surface area contributed by atoms with Crippen molar-refractivity contribution < 1.29 is 23.6 Å². The number of anilines is 1. The predicted octanol–water partition coefficient (Wildman–Crippen LogP) is 3.49. The molecular weight excluding hydrogens is 410 g/mol. The smallest absolute Gasteiger partial charge is 0.364 e. The van der Waals surface area contributed by atoms with Crippen molar-refractivity contribution in [3.63, 3.8) is 0 Å². The second kappa shape index (κ2) is 7.35. The van der Waals surface area contributed by atoms with Crippen LogP contribution in [-0.2, 0) is 14.4 Å². The van der Waals surface area contributed by atoms with E-state index < -0.39 is 17.8 Å². The van der Waals surface area contributed by atoms with Crippen LogP contribution < -0.4 is 11.1 Å². The van der Waals surface area contributed by atoms with Crippen molar-refractivity contribution in [3.05, 3.63) is 71.6 Å². The molecule has 0 atom stereocenters. The number of carbonyl (C=O) groups excluding carboxylic acids is 3. The van der Waals surface area contributed by atoms with Crippen LogP contribution in [0.15, 0.2) is 65.1 Å². The summed E-state index contributed by atoms with van der Waals surface area (Å²) in [7, 11) is 0. The summed E-state index contributed by atoms with van der Waals surface area (Å²) in [6.45, 7) is 0. The number of nitrogens with zero attached hydrogens (tertiary/aromatic N) is 1. The van der Waals surface area contributed by atoms with Gasteiger partial charge in [0.15, 0.2) is 0 Å². The number of hydroxylamine groups is 2. The molecule has 0 radical (unpaired) electrons. The maximum absolute atomic E-state index is 13.0. The summed E-state index contributed by atoms with van der Waals surface area (Å²) in [5.74, 6) is -1.46. The van der Waals surface area contributed by atoms with Crippen molar-refractivity contribution in [1.82, 2.24) is 5.06 Å². The molecule has 0 spiro atoms. The topological polar surface area (TPSA) is 127 Å². The van der Waals surface area contributed by atoms with Crippen molar-refractivity contribution in [3.8, 4) is 22.5 Å². The minimum atomic E-state index is -0.821. The van der Waals surface area contributed by atoms with Gasteiger partial charge in [0.25, 0.3) is 11.8 Å². The number of nitrogens with one attached hydrogen (secondary N) is 1. The van der Waals surface area contributed by atoms with E-state index in [1.807, 2.05) is 0 Å². The average Bonchev–Trinajstić information content (AvgIpc) is 3.09. The van der Waals surface area contributed by atoms with Gasteiger partial charge in [0.05, 0.1) is 10.9 Å². The number of rotatable bonds is 3. The number of imide groups is 1. The minimum Gasteiger partial charge on any atom is -0.456 e. The van der Waals surface area contributed by atoms with E-state index in [9.17, 15) is 14.4 Å². The van der Waals surface area contributed by atoms with Crippen molar-refractivity contribution in [2.75, 3.05) is 5.73 Å². The van der Waals surface area contributed by atoms with Crippen LogP contribution in [0.4, 0.5) is 5.69 Å². The van der Waals surface area contributed by atoms with Gasteiger partial charge in [-0.05, 0) is 35.9 Å². The molecule has 5 rings (SSSR count). The number of nitrogens with two attached hydrogens (primary N) is 1. The molecule has 2 aliphatic heterocycles. The highest BCUT2D eigenvalue weighted by Crippen LogP contribution is 2.41. The highest BCUT2D eigenvalue weighted by Gasteiger charge is 2.34. The first-order valence-corrected chi connectivity index (χ1v) is 9.90. The molecule has 2 heterocycles. The third-order valence-electron chi connectivity index (χ3n) is 5.34. The monoisotopic (exact) mass is 427 g/mol. The Labute approximate surface area is 181 Å². The summed E-state index contributed by atoms with van der Waals surface area (Å²) < 4.78 is 5.99. The van der Waals surface area contributed by atoms with Crippen molar-refractivity contribution >= 4 is 34.4 Å². The van der Waals surface area contributed by atoms with Crippen LogP contribution in [0.25, 0.3) is 33.4 Å². The molecule has 32 heavy (non-hydrogen) atoms. The van der Waals surface area contributed by atoms with Crippen LogP contribution in [0.1, 0.15) is 23.2 Å². The first kappa shape index (κ1) is 19.5. The first-order chi connectivity index (χ1) is 15.4. The number of nitrogen functional groups attached to an aromatic ring is 1. The lowest BCUT2D eigenvalue weighted by molar-refractivity contribution is -0.172. The molecule has 0 aromatic heterocycles. The van der Waals surface area contributed by atoms with Gasteiger partial charge in [-0.25, -0.2) is 4.79 Å². The van der Waals surface area contributed by atoms with Crippen LogP contribution in [0, 0.1) is 5.41 Å². The minimum absolute atomic E-state index is 0.0140. The summed E-state index contributed by atoms with van der Waals surface area (Å²) in [5.41, 5.74) is 9.03. The summed E-state index contributed by atoms with van der Waals surface area (Å²) >= 11 is 0. The Bertz CT molecular complexity index is 1440. The lowest BCUT2D eigenvalue weighted by Crippen LogP contribution is -2.32. The Morgan fingerprint density at radius 3 is 2.50 bits per heavy atom. The number of amides is 2. The van der Waals surface area contributed by atoms with E-state index in [1.54, 1.807) is 60.7 Å². The van der Waals surface area contributed by atoms with Gasteiger partial charge in [-0.1, -0.05) is 18.2 Å². The van der Waals surface area contributed by atoms with Gasteiger partial charge in [-0.2, -0.15) is 0 Å². The van der Waals surface area contributed by atoms with Crippen LogP contribution in [0.3, 0.4) is 0 Å². The van der Waals surface area contributed by atoms with Gasteiger partial charge in [-0.3, -0.25) is 9.59 Å². The number of hydrogen-bond acceptors (Lipinski definition) is 7. The molecule has 1 saturated heterocycles. The fourth-order valence-corrected chi connectivity index (χ4v) is 3.87. The molecule has 0 unspecified atom stereocenters. The van der Waals surface area contributed by atoms with Crippen LogP contribution in [0.2, 0.25) is 0 Å². The summed E-state index contributed by atoms with van der Waals surface area (Å²) in [6, 6.07) is 16.9. The molecule has 3 N–H and O–H groups in total. The summed E-state index contributed by atoms with van der Waals surface area (Å²) in [6.07, 6.45) is 0.0280. The molecule has 2 aromatic rings. The maximum atomic E-state index is 13.0. The largest absolute Gasteiger partial charge is 0.456 e. The Morgan fingerprint density at radius 2 is 1.72 bits per heavy atom. The van der Waals surface area contributed by atoms with Crippen LogP contribution in [-0.4, -0.2) is 22.8 Å². The standard InChI is InChI=1S/C24H17N3O5/c25-13-5-7-17-19(11-13)31-20-12-14(26)6-8-18(20)23(17)15-3-1-2-4-16(15)24(30)32-27-21(28)9-10-22(27)29/h1-8,11-12,25H,9-10,26H2. The summed E-state index contributed by atoms with van der Waals surface area (Å²) in [4.78, 5) is 42.0. The zero-order chi connectivity index (χ0) is 22.4.